The maximum Gasteiger partial charge on any atom is 0.271 e. The molecule has 3 rings (SSSR count). The van der Waals surface area contributed by atoms with E-state index in [4.69, 9.17) is 4.74 Å². The number of anilines is 1. The fourth-order valence-electron chi connectivity index (χ4n) is 3.26. The highest BCUT2D eigenvalue weighted by molar-refractivity contribution is 7.89. The average Bonchev–Trinajstić information content (AvgIpc) is 2.70. The molecule has 2 heterocycles. The van der Waals surface area contributed by atoms with Gasteiger partial charge in [-0.15, -0.1) is 0 Å². The number of hydrogen-bond acceptors (Lipinski definition) is 5. The van der Waals surface area contributed by atoms with Crippen LogP contribution >= 0.6 is 0 Å². The molecule has 0 bridgehead atoms. The molecule has 1 N–H and O–H groups in total. The lowest BCUT2D eigenvalue weighted by molar-refractivity contribution is -0.116. The van der Waals surface area contributed by atoms with Crippen LogP contribution in [0, 0.1) is 5.92 Å². The summed E-state index contributed by atoms with van der Waals surface area (Å²) in [7, 11) is -2.37. The lowest BCUT2D eigenvalue weighted by atomic mass is 10.0. The van der Waals surface area contributed by atoms with Crippen molar-refractivity contribution < 1.29 is 17.9 Å². The molecule has 0 saturated carbocycles. The van der Waals surface area contributed by atoms with Crippen LogP contribution in [0.4, 0.5) is 5.69 Å². The Morgan fingerprint density at radius 2 is 1.93 bits per heavy atom. The number of rotatable bonds is 6. The summed E-state index contributed by atoms with van der Waals surface area (Å²) >= 11 is 0. The summed E-state index contributed by atoms with van der Waals surface area (Å²) in [6, 6.07) is 9.59. The van der Waals surface area contributed by atoms with Gasteiger partial charge in [-0.05, 0) is 43.0 Å². The van der Waals surface area contributed by atoms with Gasteiger partial charge in [-0.2, -0.15) is 4.31 Å². The summed E-state index contributed by atoms with van der Waals surface area (Å²) in [5, 5.41) is 2.68. The first-order valence-electron chi connectivity index (χ1n) is 9.45. The molecule has 156 valence electrons. The van der Waals surface area contributed by atoms with Gasteiger partial charge in [0.15, 0.2) is 0 Å². The van der Waals surface area contributed by atoms with Crippen molar-refractivity contribution in [1.82, 2.24) is 8.87 Å². The number of pyridine rings is 1. The molecule has 1 aliphatic rings. The number of methoxy groups -OCH3 is 1. The SMILES string of the molecule is COc1cccc(NC(=O)Cn2cccc(S(=O)(=O)N3CCC(C)CC3)c2=O)c1. The second-order valence-electron chi connectivity index (χ2n) is 7.17. The summed E-state index contributed by atoms with van der Waals surface area (Å²) in [5.74, 6) is 0.611. The third kappa shape index (κ3) is 4.86. The molecule has 0 spiro atoms. The van der Waals surface area contributed by atoms with Gasteiger partial charge in [-0.1, -0.05) is 13.0 Å². The largest absolute Gasteiger partial charge is 0.497 e. The van der Waals surface area contributed by atoms with Crippen LogP contribution in [0.1, 0.15) is 19.8 Å². The molecule has 29 heavy (non-hydrogen) atoms. The summed E-state index contributed by atoms with van der Waals surface area (Å²) in [4.78, 5) is 24.8. The minimum atomic E-state index is -3.89. The topological polar surface area (TPSA) is 97.7 Å². The highest BCUT2D eigenvalue weighted by atomic mass is 32.2. The molecule has 0 radical (unpaired) electrons. The maximum absolute atomic E-state index is 12.9. The number of hydrogen-bond donors (Lipinski definition) is 1. The number of nitrogens with zero attached hydrogens (tertiary/aromatic N) is 2. The summed E-state index contributed by atoms with van der Waals surface area (Å²) < 4.78 is 33.4. The van der Waals surface area contributed by atoms with Crippen molar-refractivity contribution in [2.45, 2.75) is 31.2 Å². The Morgan fingerprint density at radius 3 is 2.62 bits per heavy atom. The first-order chi connectivity index (χ1) is 13.8. The van der Waals surface area contributed by atoms with Crippen LogP contribution in [-0.2, 0) is 21.4 Å². The van der Waals surface area contributed by atoms with Gasteiger partial charge >= 0.3 is 0 Å². The highest BCUT2D eigenvalue weighted by Gasteiger charge is 2.30. The van der Waals surface area contributed by atoms with Crippen LogP contribution in [0.3, 0.4) is 0 Å². The zero-order chi connectivity index (χ0) is 21.0. The molecule has 0 atom stereocenters. The molecule has 1 aromatic carbocycles. The van der Waals surface area contributed by atoms with Gasteiger partial charge in [-0.3, -0.25) is 9.59 Å². The molecular formula is C20H25N3O5S. The van der Waals surface area contributed by atoms with Crippen molar-refractivity contribution in [3.8, 4) is 5.75 Å². The van der Waals surface area contributed by atoms with E-state index in [1.807, 2.05) is 0 Å². The molecule has 1 aromatic heterocycles. The van der Waals surface area contributed by atoms with E-state index in [1.54, 1.807) is 24.3 Å². The third-order valence-electron chi connectivity index (χ3n) is 5.01. The fraction of sp³-hybridized carbons (Fsp3) is 0.400. The second kappa shape index (κ2) is 8.79. The molecule has 1 amide bonds. The molecule has 1 aliphatic heterocycles. The van der Waals surface area contributed by atoms with Crippen molar-refractivity contribution in [1.29, 1.82) is 0 Å². The van der Waals surface area contributed by atoms with E-state index < -0.39 is 21.5 Å². The molecule has 1 fully saturated rings. The second-order valence-corrected chi connectivity index (χ2v) is 9.08. The Hall–Kier alpha value is -2.65. The van der Waals surface area contributed by atoms with E-state index in [0.717, 1.165) is 17.4 Å². The Kier molecular flexibility index (Phi) is 6.39. The predicted molar refractivity (Wildman–Crippen MR) is 109 cm³/mol. The molecule has 8 nitrogen and oxygen atoms in total. The number of aromatic nitrogens is 1. The lowest BCUT2D eigenvalue weighted by Crippen LogP contribution is -2.41. The lowest BCUT2D eigenvalue weighted by Gasteiger charge is -2.29. The number of carbonyl (C=O) groups is 1. The Balaban J connectivity index is 1.78. The number of benzene rings is 1. The van der Waals surface area contributed by atoms with E-state index in [0.29, 0.717) is 30.4 Å². The van der Waals surface area contributed by atoms with E-state index in [2.05, 4.69) is 12.2 Å². The van der Waals surface area contributed by atoms with Crippen molar-refractivity contribution in [2.24, 2.45) is 5.92 Å². The summed E-state index contributed by atoms with van der Waals surface area (Å²) in [6.45, 7) is 2.58. The first kappa shape index (κ1) is 21.1. The normalized spacial score (nSPS) is 15.8. The van der Waals surface area contributed by atoms with Gasteiger partial charge in [0.05, 0.1) is 7.11 Å². The molecule has 0 aliphatic carbocycles. The number of carbonyl (C=O) groups excluding carboxylic acids is 1. The zero-order valence-corrected chi connectivity index (χ0v) is 17.3. The molecule has 0 unspecified atom stereocenters. The Morgan fingerprint density at radius 1 is 1.21 bits per heavy atom. The number of sulfonamides is 1. The van der Waals surface area contributed by atoms with E-state index >= 15 is 0 Å². The molecule has 9 heteroatoms. The minimum Gasteiger partial charge on any atom is -0.497 e. The number of ether oxygens (including phenoxy) is 1. The van der Waals surface area contributed by atoms with E-state index in [9.17, 15) is 18.0 Å². The molecule has 1 saturated heterocycles. The van der Waals surface area contributed by atoms with Gasteiger partial charge in [-0.25, -0.2) is 8.42 Å². The van der Waals surface area contributed by atoms with Gasteiger partial charge in [0.2, 0.25) is 15.9 Å². The van der Waals surface area contributed by atoms with Gasteiger partial charge in [0, 0.05) is 31.0 Å². The van der Waals surface area contributed by atoms with Crippen LogP contribution < -0.4 is 15.6 Å². The summed E-state index contributed by atoms with van der Waals surface area (Å²) in [5.41, 5.74) is -0.180. The molecule has 2 aromatic rings. The van der Waals surface area contributed by atoms with Crippen molar-refractivity contribution in [3.05, 3.63) is 52.9 Å². The number of piperidine rings is 1. The fourth-order valence-corrected chi connectivity index (χ4v) is 4.81. The highest BCUT2D eigenvalue weighted by Crippen LogP contribution is 2.22. The van der Waals surface area contributed by atoms with E-state index in [-0.39, 0.29) is 11.4 Å². The van der Waals surface area contributed by atoms with Crippen LogP contribution in [0.25, 0.3) is 0 Å². The quantitative estimate of drug-likeness (QED) is 0.771. The number of amides is 1. The smallest absolute Gasteiger partial charge is 0.271 e. The van der Waals surface area contributed by atoms with Crippen molar-refractivity contribution >= 4 is 21.6 Å². The van der Waals surface area contributed by atoms with Gasteiger partial charge < -0.3 is 14.6 Å². The Bertz CT molecular complexity index is 1040. The van der Waals surface area contributed by atoms with Crippen molar-refractivity contribution in [2.75, 3.05) is 25.5 Å². The van der Waals surface area contributed by atoms with Crippen LogP contribution in [-0.4, -0.2) is 43.4 Å². The average molecular weight is 420 g/mol. The third-order valence-corrected chi connectivity index (χ3v) is 6.92. The zero-order valence-electron chi connectivity index (χ0n) is 16.5. The van der Waals surface area contributed by atoms with E-state index in [1.165, 1.54) is 29.7 Å². The summed E-state index contributed by atoms with van der Waals surface area (Å²) in [6.07, 6.45) is 2.94. The van der Waals surface area contributed by atoms with Crippen LogP contribution in [0.2, 0.25) is 0 Å². The van der Waals surface area contributed by atoms with Crippen LogP contribution in [0.15, 0.2) is 52.3 Å². The van der Waals surface area contributed by atoms with Gasteiger partial charge in [0.1, 0.15) is 17.2 Å². The predicted octanol–water partition coefficient (Wildman–Crippen LogP) is 1.92. The number of nitrogens with one attached hydrogen (secondary N) is 1. The maximum atomic E-state index is 12.9. The molecular weight excluding hydrogens is 394 g/mol. The van der Waals surface area contributed by atoms with Crippen LogP contribution in [0.5, 0.6) is 5.75 Å². The first-order valence-corrected chi connectivity index (χ1v) is 10.9. The monoisotopic (exact) mass is 419 g/mol. The Labute approximate surface area is 170 Å². The minimum absolute atomic E-state index is 0.295. The van der Waals surface area contributed by atoms with Gasteiger partial charge in [0.25, 0.3) is 5.56 Å². The standard InChI is InChI=1S/C20H25N3O5S/c1-15-8-11-23(12-9-15)29(26,27)18-7-4-10-22(20(18)25)14-19(24)21-16-5-3-6-17(13-16)28-2/h3-7,10,13,15H,8-9,11-12,14H2,1-2H3,(H,21,24). The van der Waals surface area contributed by atoms with Crippen molar-refractivity contribution in [3.63, 3.8) is 0 Å².